The highest BCUT2D eigenvalue weighted by Crippen LogP contribution is 2.49. The van der Waals surface area contributed by atoms with Gasteiger partial charge in [0.25, 0.3) is 0 Å². The highest BCUT2D eigenvalue weighted by molar-refractivity contribution is 7.47. The molecule has 0 aromatic heterocycles. The van der Waals surface area contributed by atoms with E-state index in [9.17, 15) is 75.2 Å². The number of carbonyl (C=O) groups is 2. The Morgan fingerprint density at radius 1 is 0.481 bits per heavy atom. The van der Waals surface area contributed by atoms with E-state index in [-0.39, 0.29) is 12.8 Å². The van der Waals surface area contributed by atoms with Crippen LogP contribution in [0.4, 0.5) is 0 Å². The van der Waals surface area contributed by atoms with E-state index in [1.807, 2.05) is 0 Å². The number of allylic oxidation sites excluding steroid dienone is 2. The third-order valence-electron chi connectivity index (χ3n) is 14.3. The van der Waals surface area contributed by atoms with Gasteiger partial charge in [-0.05, 0) is 38.5 Å². The molecule has 0 radical (unpaired) electrons. The number of phosphoric ester groups is 1. The smallest absolute Gasteiger partial charge is 0.462 e. The molecule has 2 heterocycles. The van der Waals surface area contributed by atoms with Crippen molar-refractivity contribution in [3.8, 4) is 0 Å². The number of phosphoric acid groups is 1. The monoisotopic (exact) mass is 1130 g/mol. The number of hydrogen-bond acceptors (Lipinski definition) is 22. The van der Waals surface area contributed by atoms with Gasteiger partial charge in [0.05, 0.1) is 19.8 Å². The van der Waals surface area contributed by atoms with Crippen molar-refractivity contribution < 1.29 is 113 Å². The lowest BCUT2D eigenvalue weighted by molar-refractivity contribution is -0.360. The summed E-state index contributed by atoms with van der Waals surface area (Å²) in [7, 11) is -5.63. The molecule has 452 valence electrons. The summed E-state index contributed by atoms with van der Waals surface area (Å²) in [6.07, 6.45) is -5.00. The molecule has 2 aliphatic heterocycles. The molecule has 0 bridgehead atoms. The molecule has 0 aromatic rings. The van der Waals surface area contributed by atoms with Gasteiger partial charge in [-0.3, -0.25) is 18.6 Å². The number of esters is 2. The van der Waals surface area contributed by atoms with Crippen LogP contribution in [0, 0.1) is 0 Å². The number of unbranched alkanes of at least 4 members (excludes halogenated alkanes) is 21. The Morgan fingerprint density at radius 3 is 1.29 bits per heavy atom. The van der Waals surface area contributed by atoms with Gasteiger partial charge in [-0.15, -0.1) is 0 Å². The molecule has 24 heteroatoms. The van der Waals surface area contributed by atoms with Crippen molar-refractivity contribution >= 4 is 19.8 Å². The summed E-state index contributed by atoms with van der Waals surface area (Å²) in [5.74, 6) is -1.35. The topological polar surface area (TPSA) is 368 Å². The molecule has 3 aliphatic rings. The van der Waals surface area contributed by atoms with Gasteiger partial charge >= 0.3 is 19.8 Å². The van der Waals surface area contributed by atoms with Crippen molar-refractivity contribution in [2.24, 2.45) is 0 Å². The largest absolute Gasteiger partial charge is 0.472 e. The van der Waals surface area contributed by atoms with Crippen molar-refractivity contribution in [1.29, 1.82) is 0 Å². The average Bonchev–Trinajstić information content (AvgIpc) is 3.43. The lowest BCUT2D eigenvalue weighted by Gasteiger charge is -2.49. The zero-order valence-corrected chi connectivity index (χ0v) is 46.4. The summed E-state index contributed by atoms with van der Waals surface area (Å²) in [4.78, 5) is 37.4. The van der Waals surface area contributed by atoms with E-state index in [0.29, 0.717) is 19.3 Å². The molecule has 0 amide bonds. The van der Waals surface area contributed by atoms with Crippen LogP contribution in [0.25, 0.3) is 0 Å². The first-order valence-electron chi connectivity index (χ1n) is 28.5. The summed E-state index contributed by atoms with van der Waals surface area (Å²) in [6.45, 7) is 0.972. The SMILES string of the molecule is CCCCCCCCC/C=C\CCCCCC(=O)OC(COC(=O)CCCCCCCCCCCCCC)COP(=O)(O)OC1C(OC2OC(CO)C(O)C(O)C2O)C(O)C(O)C(O)C1OC1OC(CO)C(O)C(O)C1O. The van der Waals surface area contributed by atoms with Crippen LogP contribution in [0.1, 0.15) is 181 Å². The predicted molar refractivity (Wildman–Crippen MR) is 277 cm³/mol. The van der Waals surface area contributed by atoms with E-state index in [2.05, 4.69) is 26.0 Å². The molecule has 0 spiro atoms. The third-order valence-corrected chi connectivity index (χ3v) is 15.3. The standard InChI is InChI=1S/C53H97O23P/c1-3-5-7-9-11-13-15-17-18-20-22-24-26-28-30-39(57)71-35(33-69-38(56)29-27-25-23-21-19-16-14-12-10-8-6-4-2)34-70-77(67,68)76-51-49(74-52-47(65)42(60)40(58)36(31-54)72-52)45(63)44(62)46(64)50(51)75-53-48(66)43(61)41(59)37(32-55)73-53/h18,20,35-37,40-55,58-66H,3-17,19,21-34H2,1-2H3,(H,67,68)/b20-18-. The van der Waals surface area contributed by atoms with Crippen LogP contribution in [0.2, 0.25) is 0 Å². The lowest BCUT2D eigenvalue weighted by atomic mass is 9.84. The fraction of sp³-hybridized carbons (Fsp3) is 0.925. The fourth-order valence-corrected chi connectivity index (χ4v) is 10.5. The van der Waals surface area contributed by atoms with Crippen molar-refractivity contribution in [3.05, 3.63) is 12.2 Å². The molecule has 1 saturated carbocycles. The molecule has 3 fully saturated rings. The normalized spacial score (nSPS) is 32.0. The minimum Gasteiger partial charge on any atom is -0.462 e. The molecule has 2 saturated heterocycles. The van der Waals surface area contributed by atoms with E-state index < -0.39 is 150 Å². The van der Waals surface area contributed by atoms with Gasteiger partial charge in [0.15, 0.2) is 18.7 Å². The average molecular weight is 1130 g/mol. The Balaban J connectivity index is 1.73. The number of aliphatic hydroxyl groups excluding tert-OH is 11. The maximum atomic E-state index is 14.0. The molecule has 12 N–H and O–H groups in total. The van der Waals surface area contributed by atoms with Gasteiger partial charge in [0.2, 0.25) is 0 Å². The highest BCUT2D eigenvalue weighted by atomic mass is 31.2. The van der Waals surface area contributed by atoms with Gasteiger partial charge in [-0.25, -0.2) is 4.57 Å². The van der Waals surface area contributed by atoms with Crippen molar-refractivity contribution in [1.82, 2.24) is 0 Å². The van der Waals surface area contributed by atoms with E-state index in [1.54, 1.807) is 0 Å². The van der Waals surface area contributed by atoms with Crippen LogP contribution >= 0.6 is 7.82 Å². The predicted octanol–water partition coefficient (Wildman–Crippen LogP) is 3.15. The Morgan fingerprint density at radius 2 is 0.857 bits per heavy atom. The van der Waals surface area contributed by atoms with Crippen LogP contribution in [0.3, 0.4) is 0 Å². The third kappa shape index (κ3) is 25.1. The zero-order chi connectivity index (χ0) is 56.8. The molecule has 16 atom stereocenters. The number of ether oxygens (including phenoxy) is 6. The first kappa shape index (κ1) is 69.5. The zero-order valence-electron chi connectivity index (χ0n) is 45.5. The maximum Gasteiger partial charge on any atom is 0.472 e. The molecular weight excluding hydrogens is 1040 g/mol. The summed E-state index contributed by atoms with van der Waals surface area (Å²) >= 11 is 0. The van der Waals surface area contributed by atoms with Crippen LogP contribution in [-0.2, 0) is 51.6 Å². The van der Waals surface area contributed by atoms with Crippen LogP contribution in [0.5, 0.6) is 0 Å². The molecular formula is C53H97O23P. The Bertz CT molecular complexity index is 1590. The van der Waals surface area contributed by atoms with Gasteiger partial charge in [0, 0.05) is 12.8 Å². The Hall–Kier alpha value is -1.81. The summed E-state index contributed by atoms with van der Waals surface area (Å²) in [6, 6.07) is 0. The second kappa shape index (κ2) is 38.8. The van der Waals surface area contributed by atoms with E-state index >= 15 is 0 Å². The van der Waals surface area contributed by atoms with Gasteiger partial charge in [0.1, 0.15) is 92.1 Å². The summed E-state index contributed by atoms with van der Waals surface area (Å²) in [5, 5.41) is 116. The number of rotatable bonds is 41. The second-order valence-electron chi connectivity index (χ2n) is 20.8. The van der Waals surface area contributed by atoms with Gasteiger partial charge < -0.3 is 89.5 Å². The Kier molecular flexibility index (Phi) is 35.0. The van der Waals surface area contributed by atoms with Crippen molar-refractivity contribution in [2.75, 3.05) is 26.4 Å². The van der Waals surface area contributed by atoms with Gasteiger partial charge in [-0.2, -0.15) is 0 Å². The summed E-state index contributed by atoms with van der Waals surface area (Å²) in [5.41, 5.74) is 0. The fourth-order valence-electron chi connectivity index (χ4n) is 9.53. The lowest BCUT2D eigenvalue weighted by Crippen LogP contribution is -2.69. The number of aliphatic hydroxyl groups is 11. The molecule has 23 nitrogen and oxygen atoms in total. The molecule has 0 aromatic carbocycles. The molecule has 3 rings (SSSR count). The van der Waals surface area contributed by atoms with Crippen molar-refractivity contribution in [3.63, 3.8) is 0 Å². The minimum absolute atomic E-state index is 0.0492. The van der Waals surface area contributed by atoms with E-state index in [0.717, 1.165) is 51.4 Å². The highest BCUT2D eigenvalue weighted by Gasteiger charge is 2.58. The number of hydrogen-bond donors (Lipinski definition) is 12. The van der Waals surface area contributed by atoms with Gasteiger partial charge in [-0.1, -0.05) is 142 Å². The first-order chi connectivity index (χ1) is 36.9. The maximum absolute atomic E-state index is 14.0. The molecule has 16 unspecified atom stereocenters. The minimum atomic E-state index is -5.63. The Labute approximate surface area is 454 Å². The summed E-state index contributed by atoms with van der Waals surface area (Å²) < 4.78 is 58.0. The second-order valence-corrected chi connectivity index (χ2v) is 22.2. The van der Waals surface area contributed by atoms with Crippen LogP contribution in [-0.4, -0.2) is 204 Å². The number of carbonyl (C=O) groups excluding carboxylic acids is 2. The van der Waals surface area contributed by atoms with Crippen molar-refractivity contribution in [2.45, 2.75) is 285 Å². The quantitative estimate of drug-likeness (QED) is 0.0181. The first-order valence-corrected chi connectivity index (χ1v) is 30.0. The van der Waals surface area contributed by atoms with E-state index in [1.165, 1.54) is 83.5 Å². The van der Waals surface area contributed by atoms with E-state index in [4.69, 9.17) is 37.5 Å². The molecule has 77 heavy (non-hydrogen) atoms. The molecule has 1 aliphatic carbocycles. The van der Waals surface area contributed by atoms with Crippen LogP contribution in [0.15, 0.2) is 12.2 Å². The van der Waals surface area contributed by atoms with Crippen LogP contribution < -0.4 is 0 Å².